The van der Waals surface area contributed by atoms with Crippen LogP contribution in [0.2, 0.25) is 0 Å². The maximum atomic E-state index is 14.0. The number of nitrogens with zero attached hydrogens (tertiary/aromatic N) is 4. The number of hydrogen-bond acceptors (Lipinski definition) is 7. The first-order valence-electron chi connectivity index (χ1n) is 10.8. The number of benzene rings is 1. The van der Waals surface area contributed by atoms with Crippen molar-refractivity contribution in [1.29, 1.82) is 0 Å². The van der Waals surface area contributed by atoms with E-state index in [0.717, 1.165) is 44.6 Å². The summed E-state index contributed by atoms with van der Waals surface area (Å²) in [4.78, 5) is 19.4. The van der Waals surface area contributed by atoms with E-state index >= 15 is 0 Å². The van der Waals surface area contributed by atoms with Gasteiger partial charge in [0.05, 0.1) is 45.3 Å². The molecule has 1 aliphatic rings. The summed E-state index contributed by atoms with van der Waals surface area (Å²) in [5.41, 5.74) is -0.853. The van der Waals surface area contributed by atoms with Gasteiger partial charge in [0.1, 0.15) is 0 Å². The van der Waals surface area contributed by atoms with Crippen LogP contribution in [0.3, 0.4) is 0 Å². The predicted molar refractivity (Wildman–Crippen MR) is 118 cm³/mol. The van der Waals surface area contributed by atoms with Crippen LogP contribution < -0.4 is 14.2 Å². The molecule has 1 aliphatic heterocycles. The van der Waals surface area contributed by atoms with E-state index in [9.17, 15) is 18.0 Å². The molecule has 1 fully saturated rings. The summed E-state index contributed by atoms with van der Waals surface area (Å²) in [6.07, 6.45) is -0.484. The van der Waals surface area contributed by atoms with Gasteiger partial charge >= 0.3 is 6.18 Å². The monoisotopic (exact) mass is 478 g/mol. The second kappa shape index (κ2) is 9.49. The number of halogens is 3. The predicted octanol–water partition coefficient (Wildman–Crippen LogP) is 4.11. The molecule has 182 valence electrons. The van der Waals surface area contributed by atoms with Crippen molar-refractivity contribution in [2.75, 3.05) is 41.0 Å². The van der Waals surface area contributed by atoms with Crippen LogP contribution in [-0.2, 0) is 6.18 Å². The van der Waals surface area contributed by atoms with E-state index < -0.39 is 11.9 Å². The lowest BCUT2D eigenvalue weighted by Gasteiger charge is -2.25. The van der Waals surface area contributed by atoms with Crippen molar-refractivity contribution in [2.24, 2.45) is 0 Å². The Balaban J connectivity index is 1.85. The number of aromatic nitrogens is 3. The molecule has 3 heterocycles. The maximum absolute atomic E-state index is 14.0. The van der Waals surface area contributed by atoms with Crippen LogP contribution in [0.5, 0.6) is 17.2 Å². The van der Waals surface area contributed by atoms with E-state index in [1.54, 1.807) is 0 Å². The molecule has 11 heteroatoms. The highest BCUT2D eigenvalue weighted by Crippen LogP contribution is 2.42. The molecule has 2 aromatic heterocycles. The van der Waals surface area contributed by atoms with Gasteiger partial charge in [0.25, 0.3) is 0 Å². The first-order valence-corrected chi connectivity index (χ1v) is 10.8. The third kappa shape index (κ3) is 4.52. The Morgan fingerprint density at radius 1 is 1.00 bits per heavy atom. The molecule has 0 bridgehead atoms. The van der Waals surface area contributed by atoms with Crippen molar-refractivity contribution < 1.29 is 32.2 Å². The molecule has 0 unspecified atom stereocenters. The van der Waals surface area contributed by atoms with Crippen LogP contribution in [0.15, 0.2) is 24.4 Å². The van der Waals surface area contributed by atoms with E-state index in [0.29, 0.717) is 15.8 Å². The van der Waals surface area contributed by atoms with E-state index in [2.05, 4.69) is 10.1 Å². The zero-order valence-electron chi connectivity index (χ0n) is 19.1. The van der Waals surface area contributed by atoms with E-state index in [-0.39, 0.29) is 40.7 Å². The minimum atomic E-state index is -4.73. The van der Waals surface area contributed by atoms with E-state index in [4.69, 9.17) is 14.2 Å². The third-order valence-electron chi connectivity index (χ3n) is 5.84. The number of likely N-dealkylation sites (tertiary alicyclic amines) is 1. The van der Waals surface area contributed by atoms with Crippen LogP contribution in [0.25, 0.3) is 16.9 Å². The number of alkyl halides is 3. The average molecular weight is 478 g/mol. The van der Waals surface area contributed by atoms with Gasteiger partial charge in [-0.3, -0.25) is 9.69 Å². The number of rotatable bonds is 7. The zero-order chi connectivity index (χ0) is 24.5. The van der Waals surface area contributed by atoms with Crippen molar-refractivity contribution in [2.45, 2.75) is 25.4 Å². The number of piperidine rings is 1. The lowest BCUT2D eigenvalue weighted by atomic mass is 10.1. The normalized spacial score (nSPS) is 14.9. The van der Waals surface area contributed by atoms with E-state index in [1.165, 1.54) is 33.5 Å². The topological polar surface area (TPSA) is 78.2 Å². The average Bonchev–Trinajstić information content (AvgIpc) is 3.26. The van der Waals surface area contributed by atoms with Crippen molar-refractivity contribution >= 4 is 11.4 Å². The highest BCUT2D eigenvalue weighted by atomic mass is 19.4. The number of methoxy groups -OCH3 is 3. The Labute approximate surface area is 194 Å². The minimum Gasteiger partial charge on any atom is -0.493 e. The first kappa shape index (κ1) is 23.8. The highest BCUT2D eigenvalue weighted by Gasteiger charge is 2.36. The summed E-state index contributed by atoms with van der Waals surface area (Å²) < 4.78 is 58.5. The Morgan fingerprint density at radius 3 is 2.21 bits per heavy atom. The molecule has 0 N–H and O–H groups in total. The molecule has 0 atom stereocenters. The molecule has 1 aromatic carbocycles. The number of carbonyl (C=O) groups excluding carboxylic acids is 1. The molecule has 3 aromatic rings. The maximum Gasteiger partial charge on any atom is 0.433 e. The second-order valence-electron chi connectivity index (χ2n) is 7.99. The van der Waals surface area contributed by atoms with Gasteiger partial charge in [0.15, 0.2) is 28.6 Å². The number of Topliss-reactive ketones (excluding diaryl/α,β-unsaturated/α-hetero) is 1. The largest absolute Gasteiger partial charge is 0.493 e. The Bertz CT molecular complexity index is 1180. The fourth-order valence-corrected chi connectivity index (χ4v) is 4.14. The molecule has 1 saturated heterocycles. The number of fused-ring (bicyclic) bond motifs is 1. The van der Waals surface area contributed by atoms with Crippen molar-refractivity contribution in [3.8, 4) is 28.5 Å². The molecular weight excluding hydrogens is 453 g/mol. The summed E-state index contributed by atoms with van der Waals surface area (Å²) in [5, 5.41) is 3.85. The molecule has 0 aliphatic carbocycles. The molecule has 0 amide bonds. The number of ether oxygens (including phenoxy) is 3. The van der Waals surface area contributed by atoms with Gasteiger partial charge in [-0.2, -0.15) is 18.3 Å². The number of carbonyl (C=O) groups is 1. The van der Waals surface area contributed by atoms with Crippen LogP contribution in [0.1, 0.15) is 35.3 Å². The van der Waals surface area contributed by atoms with Crippen molar-refractivity contribution in [3.63, 3.8) is 0 Å². The highest BCUT2D eigenvalue weighted by molar-refractivity contribution is 6.02. The SMILES string of the molecule is COc1cc(-c2cc(C(F)(F)F)n3ncc(C(=O)CN4CCCCC4)c3n2)cc(OC)c1OC. The van der Waals surface area contributed by atoms with Crippen molar-refractivity contribution in [3.05, 3.63) is 35.7 Å². The standard InChI is InChI=1S/C23H25F3N4O4/c1-32-18-9-14(10-19(33-2)21(18)34-3)16-11-20(23(24,25)26)30-22(28-16)15(12-27-30)17(31)13-29-7-5-4-6-8-29/h9-12H,4-8,13H2,1-3H3. The summed E-state index contributed by atoms with van der Waals surface area (Å²) in [6.45, 7) is 1.67. The fraction of sp³-hybridized carbons (Fsp3) is 0.435. The lowest BCUT2D eigenvalue weighted by Crippen LogP contribution is -2.34. The molecule has 0 saturated carbocycles. The van der Waals surface area contributed by atoms with Gasteiger partial charge in [0, 0.05) is 5.56 Å². The molecule has 8 nitrogen and oxygen atoms in total. The minimum absolute atomic E-state index is 0.00778. The van der Waals surface area contributed by atoms with Gasteiger partial charge in [-0.15, -0.1) is 0 Å². The molecule has 34 heavy (non-hydrogen) atoms. The van der Waals surface area contributed by atoms with Crippen LogP contribution >= 0.6 is 0 Å². The Kier molecular flexibility index (Phi) is 6.65. The molecule has 0 spiro atoms. The van der Waals surface area contributed by atoms with Crippen LogP contribution in [-0.4, -0.2) is 66.2 Å². The summed E-state index contributed by atoms with van der Waals surface area (Å²) >= 11 is 0. The Hall–Kier alpha value is -3.34. The molecule has 4 rings (SSSR count). The summed E-state index contributed by atoms with van der Waals surface area (Å²) in [7, 11) is 4.25. The number of hydrogen-bond donors (Lipinski definition) is 0. The summed E-state index contributed by atoms with van der Waals surface area (Å²) in [6, 6.07) is 3.90. The van der Waals surface area contributed by atoms with Crippen LogP contribution in [0.4, 0.5) is 13.2 Å². The molecular formula is C23H25F3N4O4. The smallest absolute Gasteiger partial charge is 0.433 e. The Morgan fingerprint density at radius 2 is 1.65 bits per heavy atom. The number of ketones is 1. The zero-order valence-corrected chi connectivity index (χ0v) is 19.1. The van der Waals surface area contributed by atoms with Gasteiger partial charge in [-0.1, -0.05) is 6.42 Å². The lowest BCUT2D eigenvalue weighted by molar-refractivity contribution is -0.142. The summed E-state index contributed by atoms with van der Waals surface area (Å²) in [5.74, 6) is 0.510. The third-order valence-corrected chi connectivity index (χ3v) is 5.84. The quantitative estimate of drug-likeness (QED) is 0.473. The van der Waals surface area contributed by atoms with Gasteiger partial charge in [-0.05, 0) is 44.1 Å². The fourth-order valence-electron chi connectivity index (χ4n) is 4.14. The van der Waals surface area contributed by atoms with Gasteiger partial charge in [0.2, 0.25) is 5.75 Å². The second-order valence-corrected chi connectivity index (χ2v) is 7.99. The van der Waals surface area contributed by atoms with Gasteiger partial charge in [-0.25, -0.2) is 9.50 Å². The van der Waals surface area contributed by atoms with Crippen LogP contribution in [0, 0.1) is 0 Å². The van der Waals surface area contributed by atoms with Crippen molar-refractivity contribution in [1.82, 2.24) is 19.5 Å². The molecule has 0 radical (unpaired) electrons. The van der Waals surface area contributed by atoms with E-state index in [1.807, 2.05) is 4.90 Å². The van der Waals surface area contributed by atoms with Gasteiger partial charge < -0.3 is 14.2 Å². The first-order chi connectivity index (χ1) is 16.3.